The highest BCUT2D eigenvalue weighted by Crippen LogP contribution is 2.46. The second-order valence-electron chi connectivity index (χ2n) is 6.72. The number of rotatable bonds is 5. The number of aryl methyl sites for hydroxylation is 1. The second kappa shape index (κ2) is 7.58. The molecule has 0 radical (unpaired) electrons. The number of thioether (sulfide) groups is 1. The molecular formula is C21H21N2O3S2+. The number of hydrogen-bond acceptors (Lipinski definition) is 4. The Morgan fingerprint density at radius 1 is 1.07 bits per heavy atom. The SMILES string of the molecule is C[n+]1c(/C=C2\Sc3ccccc3N2CCCS(=O)(=O)O)ccc2ccccc21. The summed E-state index contributed by atoms with van der Waals surface area (Å²) in [5, 5.41) is 2.22. The summed E-state index contributed by atoms with van der Waals surface area (Å²) in [6.45, 7) is 0.521. The Kier molecular flexibility index (Phi) is 5.14. The molecule has 2 heterocycles. The van der Waals surface area contributed by atoms with Crippen molar-refractivity contribution < 1.29 is 17.5 Å². The lowest BCUT2D eigenvalue weighted by Crippen LogP contribution is -2.33. The fourth-order valence-electron chi connectivity index (χ4n) is 3.43. The van der Waals surface area contributed by atoms with Crippen LogP contribution in [0.15, 0.2) is 70.6 Å². The van der Waals surface area contributed by atoms with Gasteiger partial charge in [-0.3, -0.25) is 4.55 Å². The monoisotopic (exact) mass is 413 g/mol. The third-order valence-corrected chi connectivity index (χ3v) is 6.73. The molecular weight excluding hydrogens is 392 g/mol. The number of aromatic nitrogens is 1. The van der Waals surface area contributed by atoms with Gasteiger partial charge in [0.15, 0.2) is 0 Å². The Hall–Kier alpha value is -2.35. The summed E-state index contributed by atoms with van der Waals surface area (Å²) in [6.07, 6.45) is 2.49. The predicted octanol–water partition coefficient (Wildman–Crippen LogP) is 3.85. The van der Waals surface area contributed by atoms with E-state index in [0.29, 0.717) is 13.0 Å². The largest absolute Gasteiger partial charge is 0.335 e. The van der Waals surface area contributed by atoms with Crippen molar-refractivity contribution in [3.63, 3.8) is 0 Å². The van der Waals surface area contributed by atoms with Crippen LogP contribution in [0.3, 0.4) is 0 Å². The quantitative estimate of drug-likeness (QED) is 0.508. The van der Waals surface area contributed by atoms with E-state index in [1.165, 1.54) is 5.39 Å². The molecule has 4 rings (SSSR count). The first-order chi connectivity index (χ1) is 13.4. The van der Waals surface area contributed by atoms with Gasteiger partial charge in [0.25, 0.3) is 10.1 Å². The highest BCUT2D eigenvalue weighted by Gasteiger charge is 2.26. The van der Waals surface area contributed by atoms with Crippen molar-refractivity contribution >= 4 is 44.5 Å². The van der Waals surface area contributed by atoms with Gasteiger partial charge in [0, 0.05) is 35.0 Å². The molecule has 28 heavy (non-hydrogen) atoms. The maximum Gasteiger partial charge on any atom is 0.264 e. The van der Waals surface area contributed by atoms with Crippen molar-refractivity contribution in [1.29, 1.82) is 0 Å². The standard InChI is InChI=1S/C21H20N2O3S2/c1-22-17(12-11-16-7-2-3-8-18(16)22)15-21-23(13-6-14-28(24,25)26)19-9-4-5-10-20(19)27-21/h2-5,7-12,15H,6,13-14H2,1H3/p+1. The molecule has 0 unspecified atom stereocenters. The molecule has 1 aromatic heterocycles. The number of nitrogens with zero attached hydrogens (tertiary/aromatic N) is 2. The molecule has 5 nitrogen and oxygen atoms in total. The van der Waals surface area contributed by atoms with E-state index < -0.39 is 10.1 Å². The minimum absolute atomic E-state index is 0.243. The molecule has 144 valence electrons. The molecule has 1 N–H and O–H groups in total. The van der Waals surface area contributed by atoms with Crippen LogP contribution in [0.1, 0.15) is 12.1 Å². The summed E-state index contributed by atoms with van der Waals surface area (Å²) in [5.41, 5.74) is 3.28. The van der Waals surface area contributed by atoms with Crippen LogP contribution in [0.4, 0.5) is 5.69 Å². The van der Waals surface area contributed by atoms with E-state index in [0.717, 1.165) is 26.8 Å². The Morgan fingerprint density at radius 3 is 2.64 bits per heavy atom. The first-order valence-corrected chi connectivity index (χ1v) is 11.4. The molecule has 0 bridgehead atoms. The number of para-hydroxylation sites is 2. The van der Waals surface area contributed by atoms with Gasteiger partial charge in [0.2, 0.25) is 11.2 Å². The first-order valence-electron chi connectivity index (χ1n) is 9.01. The van der Waals surface area contributed by atoms with E-state index in [2.05, 4.69) is 45.9 Å². The zero-order valence-corrected chi connectivity index (χ0v) is 17.1. The Balaban J connectivity index is 1.70. The minimum Gasteiger partial charge on any atom is -0.335 e. The van der Waals surface area contributed by atoms with Gasteiger partial charge in [-0.1, -0.05) is 36.0 Å². The van der Waals surface area contributed by atoms with Gasteiger partial charge in [-0.25, -0.2) is 0 Å². The lowest BCUT2D eigenvalue weighted by Gasteiger charge is -2.20. The summed E-state index contributed by atoms with van der Waals surface area (Å²) in [4.78, 5) is 3.27. The van der Waals surface area contributed by atoms with Crippen LogP contribution in [0.5, 0.6) is 0 Å². The molecule has 7 heteroatoms. The van der Waals surface area contributed by atoms with E-state index in [9.17, 15) is 8.42 Å². The second-order valence-corrected chi connectivity index (χ2v) is 9.35. The summed E-state index contributed by atoms with van der Waals surface area (Å²) in [6, 6.07) is 20.5. The van der Waals surface area contributed by atoms with Crippen molar-refractivity contribution in [3.8, 4) is 0 Å². The third-order valence-electron chi connectivity index (χ3n) is 4.81. The summed E-state index contributed by atoms with van der Waals surface area (Å²) >= 11 is 1.67. The molecule has 0 amide bonds. The van der Waals surface area contributed by atoms with E-state index in [4.69, 9.17) is 4.55 Å². The fraction of sp³-hybridized carbons (Fsp3) is 0.190. The fourth-order valence-corrected chi connectivity index (χ4v) is 5.06. The van der Waals surface area contributed by atoms with E-state index in [-0.39, 0.29) is 5.75 Å². The predicted molar refractivity (Wildman–Crippen MR) is 114 cm³/mol. The van der Waals surface area contributed by atoms with E-state index >= 15 is 0 Å². The van der Waals surface area contributed by atoms with Crippen LogP contribution in [0.2, 0.25) is 0 Å². The maximum absolute atomic E-state index is 11.1. The molecule has 2 aromatic carbocycles. The van der Waals surface area contributed by atoms with Crippen LogP contribution < -0.4 is 9.47 Å². The Labute approximate surface area is 169 Å². The van der Waals surface area contributed by atoms with E-state index in [1.54, 1.807) is 11.8 Å². The Morgan fingerprint density at radius 2 is 1.82 bits per heavy atom. The van der Waals surface area contributed by atoms with Crippen molar-refractivity contribution in [2.24, 2.45) is 7.05 Å². The maximum atomic E-state index is 11.1. The zero-order valence-electron chi connectivity index (χ0n) is 15.4. The van der Waals surface area contributed by atoms with Crippen molar-refractivity contribution in [2.75, 3.05) is 17.2 Å². The molecule has 3 aromatic rings. The molecule has 1 aliphatic heterocycles. The third kappa shape index (κ3) is 3.92. The van der Waals surface area contributed by atoms with Crippen LogP contribution in [-0.4, -0.2) is 25.3 Å². The van der Waals surface area contributed by atoms with Gasteiger partial charge in [-0.05, 0) is 30.7 Å². The zero-order chi connectivity index (χ0) is 19.7. The smallest absolute Gasteiger partial charge is 0.264 e. The Bertz CT molecular complexity index is 1170. The lowest BCUT2D eigenvalue weighted by atomic mass is 10.2. The van der Waals surface area contributed by atoms with Gasteiger partial charge in [-0.15, -0.1) is 0 Å². The van der Waals surface area contributed by atoms with Gasteiger partial charge >= 0.3 is 0 Å². The number of anilines is 1. The number of fused-ring (bicyclic) bond motifs is 2. The average Bonchev–Trinajstić information content (AvgIpc) is 3.01. The normalized spacial score (nSPS) is 15.4. The first kappa shape index (κ1) is 19.0. The van der Waals surface area contributed by atoms with Crippen molar-refractivity contribution in [1.82, 2.24) is 0 Å². The van der Waals surface area contributed by atoms with Crippen LogP contribution in [0, 0.1) is 0 Å². The van der Waals surface area contributed by atoms with Gasteiger partial charge in [-0.2, -0.15) is 13.0 Å². The van der Waals surface area contributed by atoms with Gasteiger partial charge in [0.05, 0.1) is 16.5 Å². The lowest BCUT2D eigenvalue weighted by molar-refractivity contribution is -0.646. The van der Waals surface area contributed by atoms with Crippen molar-refractivity contribution in [2.45, 2.75) is 11.3 Å². The highest BCUT2D eigenvalue weighted by molar-refractivity contribution is 8.03. The molecule has 0 saturated heterocycles. The van der Waals surface area contributed by atoms with Crippen molar-refractivity contribution in [3.05, 3.63) is 71.4 Å². The summed E-state index contributed by atoms with van der Waals surface area (Å²) in [5.74, 6) is -0.243. The number of benzene rings is 2. The van der Waals surface area contributed by atoms with Crippen LogP contribution in [-0.2, 0) is 17.2 Å². The summed E-state index contributed by atoms with van der Waals surface area (Å²) < 4.78 is 33.4. The van der Waals surface area contributed by atoms with Crippen LogP contribution >= 0.6 is 11.8 Å². The van der Waals surface area contributed by atoms with Gasteiger partial charge in [0.1, 0.15) is 7.05 Å². The highest BCUT2D eigenvalue weighted by atomic mass is 32.2. The molecule has 1 aliphatic rings. The molecule has 0 fully saturated rings. The topological polar surface area (TPSA) is 61.5 Å². The average molecular weight is 414 g/mol. The number of hydrogen-bond donors (Lipinski definition) is 1. The molecule has 0 saturated carbocycles. The van der Waals surface area contributed by atoms with E-state index in [1.807, 2.05) is 37.4 Å². The summed E-state index contributed by atoms with van der Waals surface area (Å²) in [7, 11) is -1.91. The molecule has 0 spiro atoms. The van der Waals surface area contributed by atoms with Crippen LogP contribution in [0.25, 0.3) is 17.0 Å². The molecule has 0 atom stereocenters. The minimum atomic E-state index is -3.96. The van der Waals surface area contributed by atoms with Gasteiger partial charge < -0.3 is 4.90 Å². The molecule has 0 aliphatic carbocycles. The number of pyridine rings is 1.